The van der Waals surface area contributed by atoms with Crippen molar-refractivity contribution in [2.45, 2.75) is 45.6 Å². The minimum atomic E-state index is -0.374. The van der Waals surface area contributed by atoms with Crippen LogP contribution in [-0.4, -0.2) is 38.4 Å². The first kappa shape index (κ1) is 29.7. The van der Waals surface area contributed by atoms with Crippen LogP contribution in [0.1, 0.15) is 50.3 Å². The van der Waals surface area contributed by atoms with Gasteiger partial charge in [-0.25, -0.2) is 9.59 Å². The molecule has 1 saturated carbocycles. The van der Waals surface area contributed by atoms with E-state index in [1.807, 2.05) is 54.6 Å². The molecule has 1 fully saturated rings. The molecular weight excluding hydrogens is 494 g/mol. The molecule has 0 aromatic heterocycles. The molecule has 2 N–H and O–H groups in total. The number of nitrogens with two attached hydrogens (primary N) is 1. The van der Waals surface area contributed by atoms with E-state index >= 15 is 0 Å². The van der Waals surface area contributed by atoms with Crippen LogP contribution in [0.25, 0.3) is 0 Å². The van der Waals surface area contributed by atoms with Crippen molar-refractivity contribution in [3.8, 4) is 11.5 Å². The largest absolute Gasteiger partial charge is 0.482 e. The molecule has 3 aromatic carbocycles. The van der Waals surface area contributed by atoms with E-state index in [0.717, 1.165) is 12.8 Å². The van der Waals surface area contributed by atoms with E-state index in [2.05, 4.69) is 31.2 Å². The van der Waals surface area contributed by atoms with Gasteiger partial charge in [0.2, 0.25) is 0 Å². The fraction of sp³-hybridized carbons (Fsp3) is 0.375. The number of carbonyl (C=O) groups excluding carboxylic acids is 2. The predicted octanol–water partition coefficient (Wildman–Crippen LogP) is 5.43. The number of rotatable bonds is 12. The minimum Gasteiger partial charge on any atom is -0.482 e. The molecule has 208 valence electrons. The molecule has 1 unspecified atom stereocenters. The monoisotopic (exact) mass is 533 g/mol. The van der Waals surface area contributed by atoms with Crippen LogP contribution < -0.4 is 15.2 Å². The van der Waals surface area contributed by atoms with Gasteiger partial charge < -0.3 is 24.7 Å². The zero-order valence-corrected chi connectivity index (χ0v) is 23.1. The number of esters is 2. The summed E-state index contributed by atoms with van der Waals surface area (Å²) in [6.07, 6.45) is 2.16. The summed E-state index contributed by atoms with van der Waals surface area (Å²) in [7, 11) is 0. The Morgan fingerprint density at radius 1 is 0.744 bits per heavy atom. The molecule has 0 spiro atoms. The molecule has 0 saturated heterocycles. The number of hydrogen-bond donors (Lipinski definition) is 1. The van der Waals surface area contributed by atoms with E-state index < -0.39 is 0 Å². The number of hydrogen-bond acceptors (Lipinski definition) is 7. The summed E-state index contributed by atoms with van der Waals surface area (Å²) < 4.78 is 20.8. The van der Waals surface area contributed by atoms with Crippen LogP contribution in [-0.2, 0) is 31.0 Å². The second kappa shape index (κ2) is 14.9. The van der Waals surface area contributed by atoms with Gasteiger partial charge in [-0.15, -0.1) is 0 Å². The number of ether oxygens (including phenoxy) is 4. The molecule has 0 radical (unpaired) electrons. The molecule has 0 heterocycles. The summed E-state index contributed by atoms with van der Waals surface area (Å²) in [6, 6.07) is 25.9. The average Bonchev–Trinajstić information content (AvgIpc) is 3.72. The van der Waals surface area contributed by atoms with Crippen molar-refractivity contribution in [3.05, 3.63) is 95.6 Å². The quantitative estimate of drug-likeness (QED) is 0.310. The third kappa shape index (κ3) is 8.32. The van der Waals surface area contributed by atoms with Crippen molar-refractivity contribution >= 4 is 11.9 Å². The van der Waals surface area contributed by atoms with Crippen molar-refractivity contribution < 1.29 is 28.5 Å². The molecule has 39 heavy (non-hydrogen) atoms. The topological polar surface area (TPSA) is 97.1 Å². The number of benzene rings is 3. The Kier molecular flexibility index (Phi) is 11.4. The Hall–Kier alpha value is -3.84. The van der Waals surface area contributed by atoms with E-state index in [-0.39, 0.29) is 30.6 Å². The Morgan fingerprint density at radius 3 is 1.54 bits per heavy atom. The molecule has 1 aliphatic rings. The van der Waals surface area contributed by atoms with Gasteiger partial charge in [0.1, 0.15) is 11.5 Å². The molecule has 7 heteroatoms. The molecular formula is C32H39NO6. The van der Waals surface area contributed by atoms with Crippen LogP contribution in [0.5, 0.6) is 11.5 Å². The second-order valence-corrected chi connectivity index (χ2v) is 9.21. The van der Waals surface area contributed by atoms with Crippen LogP contribution in [0, 0.1) is 5.92 Å². The van der Waals surface area contributed by atoms with Crippen molar-refractivity contribution in [1.29, 1.82) is 0 Å². The van der Waals surface area contributed by atoms with E-state index in [9.17, 15) is 9.59 Å². The summed E-state index contributed by atoms with van der Waals surface area (Å²) in [5.74, 6) is 1.10. The standard InChI is InChI=1S/C25H30O6.C7H9N/c1-4-18-15-25(18,19-7-11-21(12-8-19)30-16-23(26)28-5-2)20-9-13-22(14-10-20)31-17-24(27)29-6-3;8-6-7-4-2-1-3-5-7/h7-14,18H,4-6,15-17H2,1-3H3;1-5H,6,8H2. The van der Waals surface area contributed by atoms with E-state index in [1.54, 1.807) is 13.8 Å². The second-order valence-electron chi connectivity index (χ2n) is 9.21. The lowest BCUT2D eigenvalue weighted by atomic mass is 9.85. The van der Waals surface area contributed by atoms with Gasteiger partial charge in [0.05, 0.1) is 13.2 Å². The summed E-state index contributed by atoms with van der Waals surface area (Å²) >= 11 is 0. The Labute approximate surface area is 231 Å². The van der Waals surface area contributed by atoms with Gasteiger partial charge in [0.15, 0.2) is 13.2 Å². The smallest absolute Gasteiger partial charge is 0.344 e. The zero-order chi connectivity index (χ0) is 28.1. The van der Waals surface area contributed by atoms with Gasteiger partial charge in [-0.05, 0) is 67.1 Å². The highest BCUT2D eigenvalue weighted by atomic mass is 16.6. The van der Waals surface area contributed by atoms with E-state index in [0.29, 0.717) is 37.2 Å². The highest BCUT2D eigenvalue weighted by molar-refractivity contribution is 5.71. The lowest BCUT2D eigenvalue weighted by Crippen LogP contribution is -2.15. The van der Waals surface area contributed by atoms with E-state index in [4.69, 9.17) is 24.7 Å². The fourth-order valence-electron chi connectivity index (χ4n) is 4.70. The van der Waals surface area contributed by atoms with E-state index in [1.165, 1.54) is 16.7 Å². The molecule has 1 aliphatic carbocycles. The highest BCUT2D eigenvalue weighted by Crippen LogP contribution is 2.60. The minimum absolute atomic E-state index is 0.0336. The lowest BCUT2D eigenvalue weighted by Gasteiger charge is -2.20. The molecule has 0 bridgehead atoms. The van der Waals surface area contributed by atoms with Crippen LogP contribution in [0.3, 0.4) is 0 Å². The van der Waals surface area contributed by atoms with Crippen molar-refractivity contribution in [1.82, 2.24) is 0 Å². The van der Waals surface area contributed by atoms with Gasteiger partial charge in [0.25, 0.3) is 0 Å². The molecule has 0 amide bonds. The fourth-order valence-corrected chi connectivity index (χ4v) is 4.70. The maximum atomic E-state index is 11.5. The predicted molar refractivity (Wildman–Crippen MR) is 151 cm³/mol. The lowest BCUT2D eigenvalue weighted by molar-refractivity contribution is -0.146. The Balaban J connectivity index is 0.000000449. The first-order valence-electron chi connectivity index (χ1n) is 13.5. The van der Waals surface area contributed by atoms with Gasteiger partial charge in [0, 0.05) is 12.0 Å². The molecule has 4 rings (SSSR count). The zero-order valence-electron chi connectivity index (χ0n) is 23.1. The third-order valence-corrected chi connectivity index (χ3v) is 6.74. The van der Waals surface area contributed by atoms with Crippen LogP contribution >= 0.6 is 0 Å². The summed E-state index contributed by atoms with van der Waals surface area (Å²) in [6.45, 7) is 6.88. The maximum Gasteiger partial charge on any atom is 0.344 e. The highest BCUT2D eigenvalue weighted by Gasteiger charge is 2.55. The first-order chi connectivity index (χ1) is 19.0. The Bertz CT molecular complexity index is 1100. The van der Waals surface area contributed by atoms with Gasteiger partial charge in [-0.1, -0.05) is 67.9 Å². The Morgan fingerprint density at radius 2 is 1.21 bits per heavy atom. The summed E-state index contributed by atoms with van der Waals surface area (Å²) in [5.41, 5.74) is 8.95. The third-order valence-electron chi connectivity index (χ3n) is 6.74. The summed E-state index contributed by atoms with van der Waals surface area (Å²) in [4.78, 5) is 23.0. The molecule has 0 aliphatic heterocycles. The van der Waals surface area contributed by atoms with Crippen molar-refractivity contribution in [2.75, 3.05) is 26.4 Å². The van der Waals surface area contributed by atoms with Crippen molar-refractivity contribution in [2.24, 2.45) is 11.7 Å². The average molecular weight is 534 g/mol. The van der Waals surface area contributed by atoms with Gasteiger partial charge >= 0.3 is 11.9 Å². The SMILES string of the molecule is CCOC(=O)COc1ccc(C2(c3ccc(OCC(=O)OCC)cc3)CC2CC)cc1.NCc1ccccc1. The van der Waals surface area contributed by atoms with Crippen molar-refractivity contribution in [3.63, 3.8) is 0 Å². The molecule has 3 aromatic rings. The maximum absolute atomic E-state index is 11.5. The normalized spacial score (nSPS) is 14.8. The van der Waals surface area contributed by atoms with Gasteiger partial charge in [-0.2, -0.15) is 0 Å². The first-order valence-corrected chi connectivity index (χ1v) is 13.5. The number of carbonyl (C=O) groups is 2. The molecule has 7 nitrogen and oxygen atoms in total. The molecule has 1 atom stereocenters. The van der Waals surface area contributed by atoms with Crippen LogP contribution in [0.15, 0.2) is 78.9 Å². The van der Waals surface area contributed by atoms with Crippen LogP contribution in [0.4, 0.5) is 0 Å². The summed E-state index contributed by atoms with van der Waals surface area (Å²) in [5, 5.41) is 0. The van der Waals surface area contributed by atoms with Gasteiger partial charge in [-0.3, -0.25) is 0 Å². The van der Waals surface area contributed by atoms with Crippen LogP contribution in [0.2, 0.25) is 0 Å².